The standard InChI is InChI=1S/C20H18ClN5O/c21-15-3-1-14(2-4-15)18-7-5-16(25-18)6-8-20(27)24-12-17-11-23-19-13-22-9-10-26(17)19/h1-5,7,9-11,13,25H,6,8,12H2,(H,24,27). The summed E-state index contributed by atoms with van der Waals surface area (Å²) in [5.74, 6) is 0.00153. The normalized spacial score (nSPS) is 11.0. The minimum atomic E-state index is 0.00153. The number of halogens is 1. The predicted octanol–water partition coefficient (Wildman–Crippen LogP) is 3.63. The number of rotatable bonds is 6. The van der Waals surface area contributed by atoms with Gasteiger partial charge in [-0.1, -0.05) is 23.7 Å². The van der Waals surface area contributed by atoms with Crippen molar-refractivity contribution < 1.29 is 4.79 Å². The Hall–Kier alpha value is -3.12. The highest BCUT2D eigenvalue weighted by molar-refractivity contribution is 6.30. The summed E-state index contributed by atoms with van der Waals surface area (Å²) < 4.78 is 1.91. The van der Waals surface area contributed by atoms with E-state index >= 15 is 0 Å². The van der Waals surface area contributed by atoms with Crippen molar-refractivity contribution in [2.75, 3.05) is 0 Å². The molecule has 0 saturated carbocycles. The number of aromatic nitrogens is 4. The lowest BCUT2D eigenvalue weighted by Crippen LogP contribution is -2.23. The number of nitrogens with zero attached hydrogens (tertiary/aromatic N) is 3. The lowest BCUT2D eigenvalue weighted by molar-refractivity contribution is -0.121. The number of nitrogens with one attached hydrogen (secondary N) is 2. The van der Waals surface area contributed by atoms with E-state index in [2.05, 4.69) is 20.3 Å². The van der Waals surface area contributed by atoms with Crippen LogP contribution in [0.2, 0.25) is 5.02 Å². The first kappa shape index (κ1) is 17.3. The fraction of sp³-hybridized carbons (Fsp3) is 0.150. The second kappa shape index (κ2) is 7.63. The molecular weight excluding hydrogens is 362 g/mol. The Labute approximate surface area is 161 Å². The van der Waals surface area contributed by atoms with Gasteiger partial charge in [0, 0.05) is 35.2 Å². The number of aryl methyl sites for hydroxylation is 1. The topological polar surface area (TPSA) is 75.1 Å². The first-order valence-electron chi connectivity index (χ1n) is 8.65. The van der Waals surface area contributed by atoms with Crippen LogP contribution < -0.4 is 5.32 Å². The van der Waals surface area contributed by atoms with Crippen molar-refractivity contribution in [3.05, 3.63) is 77.6 Å². The van der Waals surface area contributed by atoms with Crippen LogP contribution in [0, 0.1) is 0 Å². The number of H-pyrrole nitrogens is 1. The van der Waals surface area contributed by atoms with E-state index in [4.69, 9.17) is 11.6 Å². The van der Waals surface area contributed by atoms with Gasteiger partial charge in [-0.2, -0.15) is 0 Å². The average molecular weight is 380 g/mol. The van der Waals surface area contributed by atoms with Crippen LogP contribution in [0.3, 0.4) is 0 Å². The molecule has 4 aromatic rings. The summed E-state index contributed by atoms with van der Waals surface area (Å²) in [7, 11) is 0. The fourth-order valence-electron chi connectivity index (χ4n) is 2.94. The van der Waals surface area contributed by atoms with E-state index in [1.807, 2.05) is 47.0 Å². The Morgan fingerprint density at radius 3 is 2.85 bits per heavy atom. The van der Waals surface area contributed by atoms with Crippen LogP contribution in [-0.4, -0.2) is 25.3 Å². The van der Waals surface area contributed by atoms with Crippen LogP contribution in [-0.2, 0) is 17.8 Å². The maximum atomic E-state index is 12.2. The maximum absolute atomic E-state index is 12.2. The number of aromatic amines is 1. The zero-order valence-electron chi connectivity index (χ0n) is 14.5. The Bertz CT molecular complexity index is 1070. The second-order valence-electron chi connectivity index (χ2n) is 6.23. The van der Waals surface area contributed by atoms with E-state index in [-0.39, 0.29) is 5.91 Å². The zero-order valence-corrected chi connectivity index (χ0v) is 15.3. The number of hydrogen-bond donors (Lipinski definition) is 2. The average Bonchev–Trinajstić information content (AvgIpc) is 3.32. The molecule has 0 saturated heterocycles. The molecule has 2 N–H and O–H groups in total. The van der Waals surface area contributed by atoms with Gasteiger partial charge in [-0.05, 0) is 36.2 Å². The SMILES string of the molecule is O=C(CCc1ccc(-c2ccc(Cl)cc2)[nH]1)NCc1cnc2cnccn12. The summed E-state index contributed by atoms with van der Waals surface area (Å²) in [6.07, 6.45) is 8.04. The fourth-order valence-corrected chi connectivity index (χ4v) is 3.06. The minimum absolute atomic E-state index is 0.00153. The highest BCUT2D eigenvalue weighted by Crippen LogP contribution is 2.21. The lowest BCUT2D eigenvalue weighted by atomic mass is 10.2. The van der Waals surface area contributed by atoms with Crippen LogP contribution in [0.5, 0.6) is 0 Å². The van der Waals surface area contributed by atoms with E-state index < -0.39 is 0 Å². The molecule has 1 aromatic carbocycles. The molecule has 0 radical (unpaired) electrons. The van der Waals surface area contributed by atoms with Gasteiger partial charge in [0.15, 0.2) is 5.65 Å². The summed E-state index contributed by atoms with van der Waals surface area (Å²) in [4.78, 5) is 23.8. The van der Waals surface area contributed by atoms with Crippen molar-refractivity contribution in [1.29, 1.82) is 0 Å². The molecule has 3 heterocycles. The molecule has 1 amide bonds. The van der Waals surface area contributed by atoms with E-state index in [9.17, 15) is 4.79 Å². The maximum Gasteiger partial charge on any atom is 0.220 e. The Morgan fingerprint density at radius 1 is 1.15 bits per heavy atom. The van der Waals surface area contributed by atoms with Crippen molar-refractivity contribution in [3.8, 4) is 11.3 Å². The highest BCUT2D eigenvalue weighted by Gasteiger charge is 2.08. The highest BCUT2D eigenvalue weighted by atomic mass is 35.5. The van der Waals surface area contributed by atoms with Crippen molar-refractivity contribution >= 4 is 23.2 Å². The number of imidazole rings is 1. The number of carbonyl (C=O) groups excluding carboxylic acids is 1. The summed E-state index contributed by atoms with van der Waals surface area (Å²) >= 11 is 5.92. The van der Waals surface area contributed by atoms with Crippen LogP contribution in [0.25, 0.3) is 16.9 Å². The molecule has 0 aliphatic carbocycles. The van der Waals surface area contributed by atoms with Crippen LogP contribution in [0.1, 0.15) is 17.8 Å². The molecule has 0 aliphatic heterocycles. The number of amides is 1. The Kier molecular flexibility index (Phi) is 4.89. The van der Waals surface area contributed by atoms with E-state index in [1.165, 1.54) is 0 Å². The van der Waals surface area contributed by atoms with Gasteiger partial charge in [-0.3, -0.25) is 14.2 Å². The molecule has 7 heteroatoms. The molecule has 4 rings (SSSR count). The summed E-state index contributed by atoms with van der Waals surface area (Å²) in [5, 5.41) is 3.66. The largest absolute Gasteiger partial charge is 0.358 e. The summed E-state index contributed by atoms with van der Waals surface area (Å²) in [6.45, 7) is 0.435. The van der Waals surface area contributed by atoms with Crippen molar-refractivity contribution in [2.45, 2.75) is 19.4 Å². The molecule has 0 unspecified atom stereocenters. The molecule has 0 aliphatic rings. The van der Waals surface area contributed by atoms with E-state index in [1.54, 1.807) is 18.6 Å². The first-order valence-corrected chi connectivity index (χ1v) is 9.03. The third-order valence-electron chi connectivity index (χ3n) is 4.38. The number of hydrogen-bond acceptors (Lipinski definition) is 3. The third-order valence-corrected chi connectivity index (χ3v) is 4.64. The predicted molar refractivity (Wildman–Crippen MR) is 104 cm³/mol. The Balaban J connectivity index is 1.31. The Morgan fingerprint density at radius 2 is 2.00 bits per heavy atom. The number of carbonyl (C=O) groups is 1. The number of benzene rings is 1. The lowest BCUT2D eigenvalue weighted by Gasteiger charge is -2.05. The van der Waals surface area contributed by atoms with Gasteiger partial charge in [0.2, 0.25) is 5.91 Å². The molecule has 27 heavy (non-hydrogen) atoms. The molecule has 3 aromatic heterocycles. The van der Waals surface area contributed by atoms with E-state index in [0.29, 0.717) is 24.4 Å². The zero-order chi connectivity index (χ0) is 18.6. The van der Waals surface area contributed by atoms with Crippen LogP contribution in [0.4, 0.5) is 0 Å². The molecule has 136 valence electrons. The molecular formula is C20H18ClN5O. The summed E-state index contributed by atoms with van der Waals surface area (Å²) in [6, 6.07) is 11.7. The van der Waals surface area contributed by atoms with Crippen molar-refractivity contribution in [3.63, 3.8) is 0 Å². The smallest absolute Gasteiger partial charge is 0.220 e. The molecule has 0 fully saturated rings. The van der Waals surface area contributed by atoms with Crippen molar-refractivity contribution in [2.24, 2.45) is 0 Å². The van der Waals surface area contributed by atoms with Gasteiger partial charge in [0.25, 0.3) is 0 Å². The van der Waals surface area contributed by atoms with Gasteiger partial charge < -0.3 is 10.3 Å². The van der Waals surface area contributed by atoms with Gasteiger partial charge in [0.05, 0.1) is 24.6 Å². The minimum Gasteiger partial charge on any atom is -0.358 e. The second-order valence-corrected chi connectivity index (χ2v) is 6.67. The van der Waals surface area contributed by atoms with Gasteiger partial charge in [0.1, 0.15) is 0 Å². The van der Waals surface area contributed by atoms with Gasteiger partial charge >= 0.3 is 0 Å². The molecule has 6 nitrogen and oxygen atoms in total. The quantitative estimate of drug-likeness (QED) is 0.537. The number of fused-ring (bicyclic) bond motifs is 1. The molecule has 0 spiro atoms. The van der Waals surface area contributed by atoms with Crippen LogP contribution >= 0.6 is 11.6 Å². The molecule has 0 bridgehead atoms. The van der Waals surface area contributed by atoms with Crippen LogP contribution in [0.15, 0.2) is 61.2 Å². The molecule has 0 atom stereocenters. The monoisotopic (exact) mass is 379 g/mol. The first-order chi connectivity index (χ1) is 13.2. The van der Waals surface area contributed by atoms with Gasteiger partial charge in [-0.15, -0.1) is 0 Å². The van der Waals surface area contributed by atoms with Gasteiger partial charge in [-0.25, -0.2) is 4.98 Å². The summed E-state index contributed by atoms with van der Waals surface area (Å²) in [5.41, 5.74) is 4.79. The third kappa shape index (κ3) is 4.01. The van der Waals surface area contributed by atoms with E-state index in [0.717, 1.165) is 28.3 Å². The van der Waals surface area contributed by atoms with Crippen molar-refractivity contribution in [1.82, 2.24) is 24.7 Å².